The molecule has 4 rings (SSSR count). The Morgan fingerprint density at radius 1 is 1.12 bits per heavy atom. The first-order valence-corrected chi connectivity index (χ1v) is 13.5. The molecule has 3 aliphatic carbocycles. The Balaban J connectivity index is 1.87. The Kier molecular flexibility index (Phi) is 7.63. The summed E-state index contributed by atoms with van der Waals surface area (Å²) in [6.07, 6.45) is 0.0266. The molecular formula is C28H38N6O8. The number of aromatic hydroxyl groups is 1. The van der Waals surface area contributed by atoms with Crippen molar-refractivity contribution < 1.29 is 39.6 Å². The second-order valence-electron chi connectivity index (χ2n) is 12.5. The number of Topliss-reactive ketones (excluding diaryl/α,β-unsaturated/α-hetero) is 2. The number of nitrogens with two attached hydrogens (primary N) is 1. The Morgan fingerprint density at radius 2 is 1.74 bits per heavy atom. The van der Waals surface area contributed by atoms with E-state index in [-0.39, 0.29) is 47.7 Å². The summed E-state index contributed by atoms with van der Waals surface area (Å²) in [5.74, 6) is -8.11. The van der Waals surface area contributed by atoms with Crippen molar-refractivity contribution in [3.63, 3.8) is 0 Å². The molecule has 0 unspecified atom stereocenters. The predicted molar refractivity (Wildman–Crippen MR) is 152 cm³/mol. The highest BCUT2D eigenvalue weighted by molar-refractivity contribution is 6.25. The van der Waals surface area contributed by atoms with Gasteiger partial charge in [0, 0.05) is 36.7 Å². The summed E-state index contributed by atoms with van der Waals surface area (Å²) in [7, 11) is 6.48. The van der Waals surface area contributed by atoms with Gasteiger partial charge in [-0.05, 0) is 53.6 Å². The van der Waals surface area contributed by atoms with E-state index in [1.54, 1.807) is 33.1 Å². The number of rotatable bonds is 6. The minimum absolute atomic E-state index is 0.0453. The van der Waals surface area contributed by atoms with E-state index in [0.717, 1.165) is 0 Å². The lowest BCUT2D eigenvalue weighted by atomic mass is 9.58. The van der Waals surface area contributed by atoms with Gasteiger partial charge >= 0.3 is 0 Å². The van der Waals surface area contributed by atoms with Crippen molar-refractivity contribution in [3.05, 3.63) is 33.8 Å². The van der Waals surface area contributed by atoms with E-state index in [1.165, 1.54) is 4.90 Å². The fourth-order valence-corrected chi connectivity index (χ4v) is 6.17. The molecule has 4 atom stereocenters. The Hall–Kier alpha value is -4.01. The highest BCUT2D eigenvalue weighted by atomic mass is 16.3. The molecule has 3 aliphatic rings. The Bertz CT molecular complexity index is 1460. The van der Waals surface area contributed by atoms with Crippen LogP contribution in [0, 0.1) is 11.8 Å². The monoisotopic (exact) mass is 586 g/mol. The Morgan fingerprint density at radius 3 is 2.26 bits per heavy atom. The van der Waals surface area contributed by atoms with Crippen molar-refractivity contribution in [1.29, 1.82) is 0 Å². The van der Waals surface area contributed by atoms with E-state index in [0.29, 0.717) is 5.56 Å². The number of allylic oxidation sites excluding steroid dienone is 1. The average Bonchev–Trinajstić information content (AvgIpc) is 2.85. The van der Waals surface area contributed by atoms with Crippen molar-refractivity contribution in [2.45, 2.75) is 50.8 Å². The number of nitrogens with one attached hydrogen (secondary N) is 2. The zero-order valence-corrected chi connectivity index (χ0v) is 24.7. The lowest BCUT2D eigenvalue weighted by Crippen LogP contribution is -2.63. The third-order valence-corrected chi connectivity index (χ3v) is 8.03. The number of primary amides is 1. The summed E-state index contributed by atoms with van der Waals surface area (Å²) in [4.78, 5) is 59.8. The van der Waals surface area contributed by atoms with Crippen LogP contribution in [0.5, 0.6) is 5.75 Å². The van der Waals surface area contributed by atoms with Crippen molar-refractivity contribution in [3.8, 4) is 5.75 Å². The molecule has 14 heteroatoms. The fraction of sp³-hybridized carbons (Fsp3) is 0.536. The molecule has 0 aromatic carbocycles. The number of anilines is 2. The maximum atomic E-state index is 14.0. The van der Waals surface area contributed by atoms with E-state index >= 15 is 0 Å². The number of likely N-dealkylation sites (N-methyl/N-ethyl adjacent to an activating group) is 1. The van der Waals surface area contributed by atoms with Gasteiger partial charge in [-0.25, -0.2) is 4.98 Å². The van der Waals surface area contributed by atoms with Crippen LogP contribution in [0.2, 0.25) is 0 Å². The molecule has 228 valence electrons. The second-order valence-corrected chi connectivity index (χ2v) is 12.5. The van der Waals surface area contributed by atoms with Crippen molar-refractivity contribution in [2.24, 2.45) is 17.6 Å². The van der Waals surface area contributed by atoms with Crippen LogP contribution in [-0.4, -0.2) is 106 Å². The van der Waals surface area contributed by atoms with Crippen LogP contribution in [-0.2, 0) is 20.8 Å². The molecule has 0 aliphatic heterocycles. The number of fused-ring (bicyclic) bond motifs is 3. The molecule has 2 amide bonds. The molecule has 0 radical (unpaired) electrons. The smallest absolute Gasteiger partial charge is 0.255 e. The number of aliphatic hydroxyl groups is 3. The predicted octanol–water partition coefficient (Wildman–Crippen LogP) is -0.0918. The molecule has 14 nitrogen and oxygen atoms in total. The van der Waals surface area contributed by atoms with Gasteiger partial charge in [0.05, 0.1) is 18.2 Å². The molecule has 0 fully saturated rings. The number of carbonyl (C=O) groups is 4. The molecular weight excluding hydrogens is 548 g/mol. The maximum Gasteiger partial charge on any atom is 0.255 e. The van der Waals surface area contributed by atoms with Crippen LogP contribution in [0.3, 0.4) is 0 Å². The van der Waals surface area contributed by atoms with Gasteiger partial charge in [-0.3, -0.25) is 24.1 Å². The quantitative estimate of drug-likeness (QED) is 0.218. The molecule has 1 heterocycles. The first-order chi connectivity index (χ1) is 19.3. The van der Waals surface area contributed by atoms with Gasteiger partial charge in [-0.15, -0.1) is 0 Å². The number of nitrogens with zero attached hydrogens (tertiary/aromatic N) is 3. The van der Waals surface area contributed by atoms with Crippen LogP contribution in [0.1, 0.15) is 43.1 Å². The lowest BCUT2D eigenvalue weighted by molar-refractivity contribution is -0.148. The van der Waals surface area contributed by atoms with Crippen molar-refractivity contribution in [2.75, 3.05) is 45.0 Å². The van der Waals surface area contributed by atoms with Crippen molar-refractivity contribution in [1.82, 2.24) is 15.2 Å². The van der Waals surface area contributed by atoms with Gasteiger partial charge in [-0.2, -0.15) is 0 Å². The summed E-state index contributed by atoms with van der Waals surface area (Å²) in [6, 6.07) is -1.09. The van der Waals surface area contributed by atoms with Crippen LogP contribution in [0.4, 0.5) is 11.6 Å². The molecule has 1 aromatic rings. The van der Waals surface area contributed by atoms with Gasteiger partial charge in [-0.1, -0.05) is 0 Å². The number of aliphatic hydroxyl groups excluding tert-OH is 2. The third-order valence-electron chi connectivity index (χ3n) is 8.03. The number of aromatic nitrogens is 1. The minimum Gasteiger partial charge on any atom is -0.510 e. The number of amides is 2. The number of carbonyl (C=O) groups excluding carboxylic acids is 4. The fourth-order valence-electron chi connectivity index (χ4n) is 6.17. The highest BCUT2D eigenvalue weighted by Gasteiger charge is 2.63. The number of pyridine rings is 1. The van der Waals surface area contributed by atoms with Crippen LogP contribution >= 0.6 is 0 Å². The maximum absolute atomic E-state index is 14.0. The Labute approximate surface area is 242 Å². The number of hydrogen-bond acceptors (Lipinski definition) is 12. The second kappa shape index (κ2) is 10.4. The minimum atomic E-state index is -2.74. The zero-order chi connectivity index (χ0) is 31.6. The SMILES string of the molecule is CN(C)c1nc(NC(=O)CNC(C)(C)C)c(O)c2c1C[C@H]1C[C@H]3[C@H](N(C)C)C(O)=C(C(N)=O)C(=O)[C@@]3(O)C(O)=C1C2=O. The molecule has 0 saturated heterocycles. The summed E-state index contributed by atoms with van der Waals surface area (Å²) in [5, 5.41) is 50.8. The summed E-state index contributed by atoms with van der Waals surface area (Å²) < 4.78 is 0. The molecule has 8 N–H and O–H groups in total. The van der Waals surface area contributed by atoms with Gasteiger partial charge in [0.1, 0.15) is 22.9 Å². The van der Waals surface area contributed by atoms with Crippen molar-refractivity contribution >= 4 is 35.0 Å². The highest BCUT2D eigenvalue weighted by Crippen LogP contribution is 2.53. The van der Waals surface area contributed by atoms with Gasteiger partial charge < -0.3 is 41.7 Å². The normalized spacial score (nSPS) is 25.7. The van der Waals surface area contributed by atoms with E-state index in [4.69, 9.17) is 5.73 Å². The lowest BCUT2D eigenvalue weighted by Gasteiger charge is -2.50. The summed E-state index contributed by atoms with van der Waals surface area (Å²) in [5.41, 5.74) is 1.19. The molecule has 0 saturated carbocycles. The molecule has 42 heavy (non-hydrogen) atoms. The van der Waals surface area contributed by atoms with Gasteiger partial charge in [0.2, 0.25) is 11.7 Å². The molecule has 0 bridgehead atoms. The third kappa shape index (κ3) is 4.78. The number of ketones is 2. The number of hydrogen-bond donors (Lipinski definition) is 7. The van der Waals surface area contributed by atoms with Gasteiger partial charge in [0.25, 0.3) is 5.91 Å². The molecule has 1 aromatic heterocycles. The topological polar surface area (TPSA) is 219 Å². The first kappa shape index (κ1) is 30.9. The largest absolute Gasteiger partial charge is 0.510 e. The van der Waals surface area contributed by atoms with E-state index in [2.05, 4.69) is 15.6 Å². The first-order valence-electron chi connectivity index (χ1n) is 13.5. The van der Waals surface area contributed by atoms with Crippen LogP contribution in [0.25, 0.3) is 0 Å². The summed E-state index contributed by atoms with van der Waals surface area (Å²) >= 11 is 0. The zero-order valence-electron chi connectivity index (χ0n) is 24.7. The van der Waals surface area contributed by atoms with E-state index in [1.807, 2.05) is 20.8 Å². The summed E-state index contributed by atoms with van der Waals surface area (Å²) in [6.45, 7) is 5.52. The standard InChI is InChI=1S/C28H38N6O8/c1-27(2,3)30-10-14(35)31-25-21(38)16-12(26(32-25)34(6)7)8-11-9-13-18(33(4)5)20(37)17(24(29)41)23(40)28(13,42)22(39)15(11)19(16)36/h11,13,18,30,37-39,42H,8-10H2,1-7H3,(H2,29,41)(H,31,32,35)/t11-,13-,18-,28-/m0/s1. The van der Waals surface area contributed by atoms with Crippen LogP contribution in [0.15, 0.2) is 22.7 Å². The average molecular weight is 587 g/mol. The van der Waals surface area contributed by atoms with Gasteiger partial charge in [0.15, 0.2) is 23.0 Å². The van der Waals surface area contributed by atoms with E-state index < -0.39 is 69.7 Å². The molecule has 0 spiro atoms. The van der Waals surface area contributed by atoms with Crippen LogP contribution < -0.4 is 21.3 Å². The van der Waals surface area contributed by atoms with E-state index in [9.17, 15) is 39.6 Å².